The van der Waals surface area contributed by atoms with Crippen LogP contribution < -0.4 is 5.32 Å². The first-order chi connectivity index (χ1) is 13.4. The number of hydrogen-bond acceptors (Lipinski definition) is 3. The van der Waals surface area contributed by atoms with Gasteiger partial charge in [0.25, 0.3) is 0 Å². The van der Waals surface area contributed by atoms with Crippen LogP contribution in [0.25, 0.3) is 0 Å². The molecule has 0 unspecified atom stereocenters. The predicted octanol–water partition coefficient (Wildman–Crippen LogP) is 6.00. The zero-order chi connectivity index (χ0) is 21.0. The van der Waals surface area contributed by atoms with E-state index in [1.807, 2.05) is 0 Å². The third-order valence-electron chi connectivity index (χ3n) is 6.60. The molecule has 0 saturated carbocycles. The summed E-state index contributed by atoms with van der Waals surface area (Å²) in [6.07, 6.45) is 10.8. The number of rotatable bonds is 15. The van der Waals surface area contributed by atoms with E-state index in [0.29, 0.717) is 5.92 Å². The molecule has 0 bridgehead atoms. The van der Waals surface area contributed by atoms with Crippen molar-refractivity contribution in [1.29, 1.82) is 0 Å². The zero-order valence-electron chi connectivity index (χ0n) is 20.5. The van der Waals surface area contributed by atoms with Gasteiger partial charge in [0.1, 0.15) is 0 Å². The molecule has 3 nitrogen and oxygen atoms in total. The Labute approximate surface area is 178 Å². The summed E-state index contributed by atoms with van der Waals surface area (Å²) in [4.78, 5) is 5.54. The van der Waals surface area contributed by atoms with Gasteiger partial charge in [0.2, 0.25) is 0 Å². The maximum atomic E-state index is 3.94. The quantitative estimate of drug-likeness (QED) is 0.367. The second kappa shape index (κ2) is 14.0. The molecule has 0 spiro atoms. The van der Waals surface area contributed by atoms with Crippen molar-refractivity contribution in [2.45, 2.75) is 105 Å². The fourth-order valence-corrected chi connectivity index (χ4v) is 4.79. The van der Waals surface area contributed by atoms with E-state index in [-0.39, 0.29) is 5.54 Å². The van der Waals surface area contributed by atoms with Gasteiger partial charge in [0, 0.05) is 31.7 Å². The van der Waals surface area contributed by atoms with Crippen molar-refractivity contribution >= 4 is 0 Å². The van der Waals surface area contributed by atoms with E-state index >= 15 is 0 Å². The number of unbranched alkanes of at least 4 members (excludes halogenated alkanes) is 2. The minimum atomic E-state index is 0.217. The number of nitrogens with one attached hydrogen (secondary N) is 1. The van der Waals surface area contributed by atoms with Gasteiger partial charge in [-0.1, -0.05) is 80.1 Å². The normalized spacial score (nSPS) is 20.6. The highest BCUT2D eigenvalue weighted by Crippen LogP contribution is 2.24. The molecule has 1 aliphatic heterocycles. The molecule has 1 rings (SSSR count). The zero-order valence-corrected chi connectivity index (χ0v) is 20.5. The van der Waals surface area contributed by atoms with Crippen molar-refractivity contribution in [3.05, 3.63) is 0 Å². The van der Waals surface area contributed by atoms with Crippen LogP contribution in [0.2, 0.25) is 0 Å². The van der Waals surface area contributed by atoms with E-state index in [0.717, 1.165) is 18.4 Å². The monoisotopic (exact) mass is 395 g/mol. The van der Waals surface area contributed by atoms with Crippen molar-refractivity contribution in [3.63, 3.8) is 0 Å². The summed E-state index contributed by atoms with van der Waals surface area (Å²) in [5, 5.41) is 3.94. The van der Waals surface area contributed by atoms with Crippen LogP contribution in [0.3, 0.4) is 0 Å². The van der Waals surface area contributed by atoms with Gasteiger partial charge in [-0.2, -0.15) is 0 Å². The van der Waals surface area contributed by atoms with Gasteiger partial charge < -0.3 is 5.32 Å². The van der Waals surface area contributed by atoms with Crippen LogP contribution in [-0.2, 0) is 0 Å². The fourth-order valence-electron chi connectivity index (χ4n) is 4.79. The Morgan fingerprint density at radius 1 is 0.821 bits per heavy atom. The molecule has 0 aromatic heterocycles. The second-order valence-electron chi connectivity index (χ2n) is 10.3. The van der Waals surface area contributed by atoms with Gasteiger partial charge in [-0.3, -0.25) is 9.80 Å². The molecule has 1 saturated heterocycles. The molecule has 28 heavy (non-hydrogen) atoms. The summed E-state index contributed by atoms with van der Waals surface area (Å²) < 4.78 is 0. The van der Waals surface area contributed by atoms with Crippen molar-refractivity contribution in [3.8, 4) is 0 Å². The minimum Gasteiger partial charge on any atom is -0.309 e. The van der Waals surface area contributed by atoms with Crippen LogP contribution >= 0.6 is 0 Å². The van der Waals surface area contributed by atoms with Gasteiger partial charge in [-0.05, 0) is 44.1 Å². The average Bonchev–Trinajstić information content (AvgIpc) is 2.66. The van der Waals surface area contributed by atoms with Gasteiger partial charge in [0.05, 0.1) is 6.67 Å². The average molecular weight is 396 g/mol. The first kappa shape index (κ1) is 25.9. The molecule has 1 fully saturated rings. The topological polar surface area (TPSA) is 18.5 Å². The van der Waals surface area contributed by atoms with Crippen molar-refractivity contribution in [2.75, 3.05) is 39.4 Å². The fraction of sp³-hybridized carbons (Fsp3) is 1.00. The van der Waals surface area contributed by atoms with E-state index in [1.165, 1.54) is 84.2 Å². The molecule has 0 amide bonds. The largest absolute Gasteiger partial charge is 0.309 e. The Hall–Kier alpha value is -0.120. The molecule has 1 N–H and O–H groups in total. The molecule has 3 heteroatoms. The van der Waals surface area contributed by atoms with Crippen LogP contribution in [-0.4, -0.2) is 54.7 Å². The Bertz CT molecular complexity index is 356. The lowest BCUT2D eigenvalue weighted by molar-refractivity contribution is 0.00410. The first-order valence-electron chi connectivity index (χ1n) is 12.5. The van der Waals surface area contributed by atoms with Crippen LogP contribution in [0, 0.1) is 17.8 Å². The predicted molar refractivity (Wildman–Crippen MR) is 126 cm³/mol. The van der Waals surface area contributed by atoms with Gasteiger partial charge in [-0.15, -0.1) is 0 Å². The Morgan fingerprint density at radius 2 is 1.29 bits per heavy atom. The highest BCUT2D eigenvalue weighted by Gasteiger charge is 2.35. The van der Waals surface area contributed by atoms with Gasteiger partial charge in [-0.25, -0.2) is 0 Å². The minimum absolute atomic E-state index is 0.217. The highest BCUT2D eigenvalue weighted by molar-refractivity contribution is 4.94. The van der Waals surface area contributed by atoms with Crippen LogP contribution in [0.15, 0.2) is 0 Å². The lowest BCUT2D eigenvalue weighted by Crippen LogP contribution is -2.65. The second-order valence-corrected chi connectivity index (χ2v) is 10.3. The molecule has 1 aliphatic rings. The van der Waals surface area contributed by atoms with Crippen molar-refractivity contribution < 1.29 is 0 Å². The van der Waals surface area contributed by atoms with Crippen LogP contribution in [0.5, 0.6) is 0 Å². The first-order valence-corrected chi connectivity index (χ1v) is 12.5. The summed E-state index contributed by atoms with van der Waals surface area (Å²) in [5.74, 6) is 2.43. The third-order valence-corrected chi connectivity index (χ3v) is 6.60. The smallest absolute Gasteiger partial charge is 0.0507 e. The van der Waals surface area contributed by atoms with E-state index in [2.05, 4.69) is 63.6 Å². The molecule has 0 radical (unpaired) electrons. The molecule has 0 aromatic carbocycles. The van der Waals surface area contributed by atoms with E-state index in [4.69, 9.17) is 0 Å². The summed E-state index contributed by atoms with van der Waals surface area (Å²) in [7, 11) is 0. The molecular formula is C25H53N3. The summed E-state index contributed by atoms with van der Waals surface area (Å²) in [5.41, 5.74) is 0.217. The summed E-state index contributed by atoms with van der Waals surface area (Å²) in [6.45, 7) is 23.8. The van der Waals surface area contributed by atoms with E-state index < -0.39 is 0 Å². The van der Waals surface area contributed by atoms with Crippen molar-refractivity contribution in [2.24, 2.45) is 17.8 Å². The van der Waals surface area contributed by atoms with E-state index in [9.17, 15) is 0 Å². The Morgan fingerprint density at radius 3 is 1.64 bits per heavy atom. The SMILES string of the molecule is CCCC[C@H](CC)CN1CN(C[C@@H](CC)CCCC)CC(C)(NCC(C)C)C1. The maximum Gasteiger partial charge on any atom is 0.0507 e. The third kappa shape index (κ3) is 10.1. The van der Waals surface area contributed by atoms with E-state index in [1.54, 1.807) is 0 Å². The van der Waals surface area contributed by atoms with Gasteiger partial charge >= 0.3 is 0 Å². The molecule has 0 aromatic rings. The maximum absolute atomic E-state index is 3.94. The number of hydrogen-bond donors (Lipinski definition) is 1. The Balaban J connectivity index is 2.78. The lowest BCUT2D eigenvalue weighted by Gasteiger charge is -2.48. The molecule has 2 atom stereocenters. The molecular weight excluding hydrogens is 342 g/mol. The van der Waals surface area contributed by atoms with Crippen LogP contribution in [0.1, 0.15) is 99.8 Å². The molecule has 168 valence electrons. The Kier molecular flexibility index (Phi) is 12.9. The standard InChI is InChI=1S/C25H53N3/c1-8-12-14-23(10-3)17-27-19-25(7,26-16-22(5)6)20-28(21-27)18-24(11-4)15-13-9-2/h22-24,26H,8-21H2,1-7H3/t23-,24-/m0/s1. The highest BCUT2D eigenvalue weighted by atomic mass is 15.4. The number of nitrogens with zero attached hydrogens (tertiary/aromatic N) is 2. The van der Waals surface area contributed by atoms with Crippen molar-refractivity contribution in [1.82, 2.24) is 15.1 Å². The summed E-state index contributed by atoms with van der Waals surface area (Å²) in [6, 6.07) is 0. The lowest BCUT2D eigenvalue weighted by atomic mass is 9.92. The van der Waals surface area contributed by atoms with Gasteiger partial charge in [0.15, 0.2) is 0 Å². The van der Waals surface area contributed by atoms with Crippen LogP contribution in [0.4, 0.5) is 0 Å². The molecule has 1 heterocycles. The molecule has 0 aliphatic carbocycles. The summed E-state index contributed by atoms with van der Waals surface area (Å²) >= 11 is 0.